The van der Waals surface area contributed by atoms with Gasteiger partial charge in [-0.1, -0.05) is 80.9 Å². The fourth-order valence-electron chi connectivity index (χ4n) is 3.97. The molecule has 1 atom stereocenters. The molecule has 0 saturated carbocycles. The van der Waals surface area contributed by atoms with E-state index in [4.69, 9.17) is 10.5 Å². The van der Waals surface area contributed by atoms with Crippen molar-refractivity contribution < 1.29 is 4.74 Å². The summed E-state index contributed by atoms with van der Waals surface area (Å²) in [6.45, 7) is 5.65. The molecule has 0 heterocycles. The van der Waals surface area contributed by atoms with E-state index in [1.807, 2.05) is 6.07 Å². The average Bonchev–Trinajstić information content (AvgIpc) is 2.79. The summed E-state index contributed by atoms with van der Waals surface area (Å²) in [5.41, 5.74) is 12.3. The van der Waals surface area contributed by atoms with Crippen LogP contribution in [0.4, 0.5) is 0 Å². The van der Waals surface area contributed by atoms with E-state index >= 15 is 0 Å². The SMILES string of the molecule is CCC.NCCC1CCc2cc(OCc3ccc(-c4ccccc4)cc3)ccc2C1. The molecule has 0 amide bonds. The number of aryl methyl sites for hydroxylation is 1. The van der Waals surface area contributed by atoms with Crippen LogP contribution in [-0.2, 0) is 19.4 Å². The van der Waals surface area contributed by atoms with Gasteiger partial charge in [0.2, 0.25) is 0 Å². The Morgan fingerprint density at radius 1 is 0.867 bits per heavy atom. The van der Waals surface area contributed by atoms with Crippen molar-refractivity contribution in [3.8, 4) is 16.9 Å². The zero-order chi connectivity index (χ0) is 21.2. The Morgan fingerprint density at radius 3 is 2.27 bits per heavy atom. The van der Waals surface area contributed by atoms with E-state index in [0.29, 0.717) is 6.61 Å². The number of hydrogen-bond acceptors (Lipinski definition) is 2. The smallest absolute Gasteiger partial charge is 0.120 e. The van der Waals surface area contributed by atoms with Crippen molar-refractivity contribution in [1.82, 2.24) is 0 Å². The summed E-state index contributed by atoms with van der Waals surface area (Å²) in [4.78, 5) is 0. The fraction of sp³-hybridized carbons (Fsp3) is 0.357. The molecule has 1 unspecified atom stereocenters. The monoisotopic (exact) mass is 401 g/mol. The highest BCUT2D eigenvalue weighted by Gasteiger charge is 2.18. The van der Waals surface area contributed by atoms with Crippen molar-refractivity contribution >= 4 is 0 Å². The fourth-order valence-corrected chi connectivity index (χ4v) is 3.97. The minimum absolute atomic E-state index is 0.601. The highest BCUT2D eigenvalue weighted by atomic mass is 16.5. The molecule has 0 aliphatic heterocycles. The van der Waals surface area contributed by atoms with E-state index in [2.05, 4.69) is 80.6 Å². The normalized spacial score (nSPS) is 15.0. The van der Waals surface area contributed by atoms with Crippen molar-refractivity contribution in [3.05, 3.63) is 89.5 Å². The zero-order valence-corrected chi connectivity index (χ0v) is 18.4. The Bertz CT molecular complexity index is 886. The first-order chi connectivity index (χ1) is 14.7. The van der Waals surface area contributed by atoms with Gasteiger partial charge in [0.25, 0.3) is 0 Å². The van der Waals surface area contributed by atoms with E-state index in [-0.39, 0.29) is 0 Å². The molecule has 30 heavy (non-hydrogen) atoms. The molecule has 2 heteroatoms. The first-order valence-electron chi connectivity index (χ1n) is 11.3. The number of rotatable bonds is 6. The number of ether oxygens (including phenoxy) is 1. The predicted octanol–water partition coefficient (Wildman–Crippen LogP) is 6.80. The standard InChI is InChI=1S/C25H27NO.C3H8/c26-15-14-19-6-11-24-17-25(13-12-23(24)16-19)27-18-20-7-9-22(10-8-20)21-4-2-1-3-5-21;1-3-2/h1-5,7-10,12-13,17,19H,6,11,14-16,18,26H2;3H2,1-2H3. The lowest BCUT2D eigenvalue weighted by atomic mass is 9.82. The first kappa shape index (κ1) is 22.1. The van der Waals surface area contributed by atoms with Crippen LogP contribution in [0.5, 0.6) is 5.75 Å². The Labute approximate surface area is 182 Å². The number of nitrogens with two attached hydrogens (primary N) is 1. The Morgan fingerprint density at radius 2 is 1.57 bits per heavy atom. The third-order valence-electron chi connectivity index (χ3n) is 5.55. The van der Waals surface area contributed by atoms with Crippen molar-refractivity contribution in [2.75, 3.05) is 6.54 Å². The topological polar surface area (TPSA) is 35.2 Å². The molecule has 3 aromatic carbocycles. The molecule has 158 valence electrons. The van der Waals surface area contributed by atoms with Crippen LogP contribution in [0.25, 0.3) is 11.1 Å². The van der Waals surface area contributed by atoms with Gasteiger partial charge >= 0.3 is 0 Å². The Balaban J connectivity index is 0.000000806. The summed E-state index contributed by atoms with van der Waals surface area (Å²) in [6.07, 6.45) is 5.93. The van der Waals surface area contributed by atoms with Crippen molar-refractivity contribution in [1.29, 1.82) is 0 Å². The summed E-state index contributed by atoms with van der Waals surface area (Å²) >= 11 is 0. The average molecular weight is 402 g/mol. The highest BCUT2D eigenvalue weighted by molar-refractivity contribution is 5.63. The van der Waals surface area contributed by atoms with E-state index < -0.39 is 0 Å². The van der Waals surface area contributed by atoms with Crippen molar-refractivity contribution in [3.63, 3.8) is 0 Å². The molecular formula is C28H35NO. The van der Waals surface area contributed by atoms with Crippen LogP contribution < -0.4 is 10.5 Å². The molecule has 0 spiro atoms. The van der Waals surface area contributed by atoms with E-state index in [1.54, 1.807) is 0 Å². The third-order valence-corrected chi connectivity index (χ3v) is 5.55. The summed E-state index contributed by atoms with van der Waals surface area (Å²) in [5, 5.41) is 0. The number of benzene rings is 3. The van der Waals surface area contributed by atoms with E-state index in [0.717, 1.165) is 37.5 Å². The Kier molecular flexibility index (Phi) is 8.53. The van der Waals surface area contributed by atoms with Gasteiger partial charge in [0, 0.05) is 0 Å². The van der Waals surface area contributed by atoms with E-state index in [9.17, 15) is 0 Å². The highest BCUT2D eigenvalue weighted by Crippen LogP contribution is 2.30. The van der Waals surface area contributed by atoms with Crippen LogP contribution in [-0.4, -0.2) is 6.54 Å². The van der Waals surface area contributed by atoms with Crippen molar-refractivity contribution in [2.24, 2.45) is 11.7 Å². The largest absolute Gasteiger partial charge is 0.489 e. The third kappa shape index (κ3) is 6.21. The molecular weight excluding hydrogens is 366 g/mol. The maximum Gasteiger partial charge on any atom is 0.120 e. The molecule has 0 bridgehead atoms. The van der Waals surface area contributed by atoms with Gasteiger partial charge in [0.05, 0.1) is 0 Å². The molecule has 0 aromatic heterocycles. The van der Waals surface area contributed by atoms with Gasteiger partial charge in [-0.25, -0.2) is 0 Å². The summed E-state index contributed by atoms with van der Waals surface area (Å²) in [7, 11) is 0. The maximum absolute atomic E-state index is 6.06. The molecule has 0 radical (unpaired) electrons. The second-order valence-electron chi connectivity index (χ2n) is 8.18. The Hall–Kier alpha value is -2.58. The van der Waals surface area contributed by atoms with E-state index in [1.165, 1.54) is 40.7 Å². The van der Waals surface area contributed by atoms with Gasteiger partial charge in [-0.2, -0.15) is 0 Å². The molecule has 3 aromatic rings. The summed E-state index contributed by atoms with van der Waals surface area (Å²) in [5.74, 6) is 1.72. The first-order valence-corrected chi connectivity index (χ1v) is 11.3. The minimum Gasteiger partial charge on any atom is -0.489 e. The summed E-state index contributed by atoms with van der Waals surface area (Å²) in [6, 6.07) is 25.7. The van der Waals surface area contributed by atoms with Gasteiger partial charge in [-0.05, 0) is 78.1 Å². The molecule has 0 saturated heterocycles. The van der Waals surface area contributed by atoms with Crippen LogP contribution in [0.2, 0.25) is 0 Å². The lowest BCUT2D eigenvalue weighted by molar-refractivity contribution is 0.305. The van der Waals surface area contributed by atoms with Gasteiger partial charge in [-0.15, -0.1) is 0 Å². The van der Waals surface area contributed by atoms with Crippen LogP contribution in [0.1, 0.15) is 49.8 Å². The van der Waals surface area contributed by atoms with Gasteiger partial charge < -0.3 is 10.5 Å². The number of fused-ring (bicyclic) bond motifs is 1. The molecule has 2 N–H and O–H groups in total. The molecule has 0 fully saturated rings. The minimum atomic E-state index is 0.601. The number of hydrogen-bond donors (Lipinski definition) is 1. The lowest BCUT2D eigenvalue weighted by Crippen LogP contribution is -2.17. The second-order valence-corrected chi connectivity index (χ2v) is 8.18. The molecule has 4 rings (SSSR count). The van der Waals surface area contributed by atoms with Crippen LogP contribution in [0, 0.1) is 5.92 Å². The van der Waals surface area contributed by atoms with Crippen molar-refractivity contribution in [2.45, 2.75) is 52.6 Å². The second kappa shape index (κ2) is 11.6. The summed E-state index contributed by atoms with van der Waals surface area (Å²) < 4.78 is 6.06. The molecule has 1 aliphatic carbocycles. The van der Waals surface area contributed by atoms with Gasteiger partial charge in [0.1, 0.15) is 12.4 Å². The van der Waals surface area contributed by atoms with Gasteiger partial charge in [0.15, 0.2) is 0 Å². The zero-order valence-electron chi connectivity index (χ0n) is 18.4. The quantitative estimate of drug-likeness (QED) is 0.493. The van der Waals surface area contributed by atoms with Gasteiger partial charge in [-0.3, -0.25) is 0 Å². The van der Waals surface area contributed by atoms with Crippen LogP contribution in [0.15, 0.2) is 72.8 Å². The lowest BCUT2D eigenvalue weighted by Gasteiger charge is -2.24. The maximum atomic E-state index is 6.06. The molecule has 1 aliphatic rings. The predicted molar refractivity (Wildman–Crippen MR) is 128 cm³/mol. The van der Waals surface area contributed by atoms with Crippen LogP contribution >= 0.6 is 0 Å². The molecule has 2 nitrogen and oxygen atoms in total. The van der Waals surface area contributed by atoms with Crippen LogP contribution in [0.3, 0.4) is 0 Å².